The molecule has 2 aliphatic carbocycles. The molecule has 3 rings (SSSR count). The number of hydrogen-bond donors (Lipinski definition) is 1. The second-order valence-electron chi connectivity index (χ2n) is 4.93. The van der Waals surface area contributed by atoms with Gasteiger partial charge in [-0.3, -0.25) is 0 Å². The zero-order chi connectivity index (χ0) is 10.3. The summed E-state index contributed by atoms with van der Waals surface area (Å²) in [5, 5.41) is 3.68. The monoisotopic (exact) mass is 265 g/mol. The summed E-state index contributed by atoms with van der Waals surface area (Å²) in [5.41, 5.74) is 1.27. The zero-order valence-electron chi connectivity index (χ0n) is 8.75. The molecule has 1 aromatic rings. The molecule has 1 aromatic carbocycles. The van der Waals surface area contributed by atoms with Crippen LogP contribution in [0.25, 0.3) is 0 Å². The summed E-state index contributed by atoms with van der Waals surface area (Å²) in [7, 11) is 0. The maximum Gasteiger partial charge on any atom is 0.0343 e. The van der Waals surface area contributed by atoms with E-state index in [0.717, 1.165) is 22.4 Å². The summed E-state index contributed by atoms with van der Waals surface area (Å²) >= 11 is 3.46. The minimum atomic E-state index is 0.741. The minimum absolute atomic E-state index is 0.741. The summed E-state index contributed by atoms with van der Waals surface area (Å²) in [6, 6.07) is 9.28. The van der Waals surface area contributed by atoms with E-state index in [1.165, 1.54) is 31.4 Å². The smallest absolute Gasteiger partial charge is 0.0343 e. The summed E-state index contributed by atoms with van der Waals surface area (Å²) in [6.45, 7) is 0. The van der Waals surface area contributed by atoms with E-state index < -0.39 is 0 Å². The Hall–Kier alpha value is -0.500. The molecule has 0 radical (unpaired) electrons. The molecular formula is C13H16BrN. The topological polar surface area (TPSA) is 12.0 Å². The SMILES string of the molecule is Brc1ccc(NC2C[C@@H]3CC[C@H]2C3)cc1. The van der Waals surface area contributed by atoms with Crippen LogP contribution >= 0.6 is 15.9 Å². The lowest BCUT2D eigenvalue weighted by molar-refractivity contribution is 0.440. The third-order valence-corrected chi connectivity index (χ3v) is 4.46. The van der Waals surface area contributed by atoms with E-state index in [0.29, 0.717) is 0 Å². The van der Waals surface area contributed by atoms with E-state index >= 15 is 0 Å². The quantitative estimate of drug-likeness (QED) is 0.851. The van der Waals surface area contributed by atoms with Crippen molar-refractivity contribution in [1.82, 2.24) is 0 Å². The largest absolute Gasteiger partial charge is 0.382 e. The van der Waals surface area contributed by atoms with Crippen LogP contribution in [-0.4, -0.2) is 6.04 Å². The van der Waals surface area contributed by atoms with Crippen LogP contribution in [0.5, 0.6) is 0 Å². The van der Waals surface area contributed by atoms with Crippen molar-refractivity contribution in [2.75, 3.05) is 5.32 Å². The number of halogens is 1. The second kappa shape index (κ2) is 3.82. The van der Waals surface area contributed by atoms with Crippen molar-refractivity contribution >= 4 is 21.6 Å². The molecule has 3 atom stereocenters. The minimum Gasteiger partial charge on any atom is -0.382 e. The molecule has 2 fully saturated rings. The van der Waals surface area contributed by atoms with E-state index in [1.54, 1.807) is 0 Å². The lowest BCUT2D eigenvalue weighted by Crippen LogP contribution is -2.25. The highest BCUT2D eigenvalue weighted by molar-refractivity contribution is 9.10. The number of anilines is 1. The molecule has 0 saturated heterocycles. The first-order chi connectivity index (χ1) is 7.31. The summed E-state index contributed by atoms with van der Waals surface area (Å²) < 4.78 is 1.15. The first kappa shape index (κ1) is 9.71. The van der Waals surface area contributed by atoms with Crippen molar-refractivity contribution in [2.45, 2.75) is 31.7 Å². The normalized spacial score (nSPS) is 33.3. The van der Waals surface area contributed by atoms with Crippen LogP contribution in [0.2, 0.25) is 0 Å². The van der Waals surface area contributed by atoms with Crippen molar-refractivity contribution in [3.63, 3.8) is 0 Å². The van der Waals surface area contributed by atoms with Gasteiger partial charge in [0.1, 0.15) is 0 Å². The van der Waals surface area contributed by atoms with Gasteiger partial charge in [-0.2, -0.15) is 0 Å². The Kier molecular flexibility index (Phi) is 2.47. The molecule has 2 aliphatic rings. The van der Waals surface area contributed by atoms with Crippen LogP contribution < -0.4 is 5.32 Å². The van der Waals surface area contributed by atoms with Crippen LogP contribution in [0, 0.1) is 11.8 Å². The van der Waals surface area contributed by atoms with Crippen molar-refractivity contribution in [3.05, 3.63) is 28.7 Å². The molecule has 0 amide bonds. The average molecular weight is 266 g/mol. The first-order valence-electron chi connectivity index (χ1n) is 5.83. The van der Waals surface area contributed by atoms with Crippen LogP contribution in [0.4, 0.5) is 5.69 Å². The second-order valence-corrected chi connectivity index (χ2v) is 5.85. The number of hydrogen-bond acceptors (Lipinski definition) is 1. The molecule has 80 valence electrons. The third kappa shape index (κ3) is 1.92. The fourth-order valence-corrected chi connectivity index (χ4v) is 3.45. The van der Waals surface area contributed by atoms with Gasteiger partial charge in [-0.25, -0.2) is 0 Å². The Bertz CT molecular complexity index is 346. The van der Waals surface area contributed by atoms with Crippen LogP contribution in [0.1, 0.15) is 25.7 Å². The maximum absolute atomic E-state index is 3.68. The molecule has 1 nitrogen and oxygen atoms in total. The predicted octanol–water partition coefficient (Wildman–Crippen LogP) is 4.05. The Morgan fingerprint density at radius 3 is 2.47 bits per heavy atom. The van der Waals surface area contributed by atoms with Gasteiger partial charge in [0.05, 0.1) is 0 Å². The Morgan fingerprint density at radius 1 is 1.07 bits per heavy atom. The highest BCUT2D eigenvalue weighted by Crippen LogP contribution is 2.45. The molecule has 2 heteroatoms. The van der Waals surface area contributed by atoms with Crippen molar-refractivity contribution in [3.8, 4) is 0 Å². The average Bonchev–Trinajstić information content (AvgIpc) is 2.83. The van der Waals surface area contributed by atoms with Gasteiger partial charge < -0.3 is 5.32 Å². The standard InChI is InChI=1S/C13H16BrN/c14-11-3-5-12(6-4-11)15-13-8-9-1-2-10(13)7-9/h3-6,9-10,13,15H,1-2,7-8H2/t9-,10+,13?/m1/s1. The van der Waals surface area contributed by atoms with Gasteiger partial charge in [0.2, 0.25) is 0 Å². The number of rotatable bonds is 2. The lowest BCUT2D eigenvalue weighted by atomic mass is 9.95. The van der Waals surface area contributed by atoms with E-state index in [9.17, 15) is 0 Å². The molecule has 2 bridgehead atoms. The predicted molar refractivity (Wildman–Crippen MR) is 67.0 cm³/mol. The van der Waals surface area contributed by atoms with E-state index in [1.807, 2.05) is 0 Å². The number of fused-ring (bicyclic) bond motifs is 2. The van der Waals surface area contributed by atoms with Gasteiger partial charge in [0.25, 0.3) is 0 Å². The van der Waals surface area contributed by atoms with Gasteiger partial charge in [0.15, 0.2) is 0 Å². The number of benzene rings is 1. The summed E-state index contributed by atoms with van der Waals surface area (Å²) in [5.74, 6) is 1.96. The van der Waals surface area contributed by atoms with Crippen LogP contribution in [0.15, 0.2) is 28.7 Å². The molecule has 0 aromatic heterocycles. The van der Waals surface area contributed by atoms with E-state index in [2.05, 4.69) is 45.5 Å². The zero-order valence-corrected chi connectivity index (χ0v) is 10.3. The van der Waals surface area contributed by atoms with Gasteiger partial charge in [-0.1, -0.05) is 22.4 Å². The molecular weight excluding hydrogens is 250 g/mol. The van der Waals surface area contributed by atoms with Crippen LogP contribution in [-0.2, 0) is 0 Å². The van der Waals surface area contributed by atoms with Crippen molar-refractivity contribution in [1.29, 1.82) is 0 Å². The Labute approximate surface area is 99.4 Å². The first-order valence-corrected chi connectivity index (χ1v) is 6.62. The maximum atomic E-state index is 3.68. The van der Waals surface area contributed by atoms with Gasteiger partial charge in [0, 0.05) is 16.2 Å². The van der Waals surface area contributed by atoms with Gasteiger partial charge >= 0.3 is 0 Å². The molecule has 2 saturated carbocycles. The third-order valence-electron chi connectivity index (χ3n) is 3.93. The van der Waals surface area contributed by atoms with Crippen molar-refractivity contribution < 1.29 is 0 Å². The van der Waals surface area contributed by atoms with Gasteiger partial charge in [-0.05, 0) is 55.4 Å². The molecule has 1 N–H and O–H groups in total. The molecule has 0 spiro atoms. The molecule has 0 aliphatic heterocycles. The Balaban J connectivity index is 1.68. The fourth-order valence-electron chi connectivity index (χ4n) is 3.18. The van der Waals surface area contributed by atoms with Crippen LogP contribution in [0.3, 0.4) is 0 Å². The highest BCUT2D eigenvalue weighted by Gasteiger charge is 2.39. The van der Waals surface area contributed by atoms with E-state index in [4.69, 9.17) is 0 Å². The van der Waals surface area contributed by atoms with Gasteiger partial charge in [-0.15, -0.1) is 0 Å². The molecule has 1 unspecified atom stereocenters. The summed E-state index contributed by atoms with van der Waals surface area (Å²) in [4.78, 5) is 0. The Morgan fingerprint density at radius 2 is 1.87 bits per heavy atom. The van der Waals surface area contributed by atoms with E-state index in [-0.39, 0.29) is 0 Å². The fraction of sp³-hybridized carbons (Fsp3) is 0.538. The van der Waals surface area contributed by atoms with Crippen molar-refractivity contribution in [2.24, 2.45) is 11.8 Å². The summed E-state index contributed by atoms with van der Waals surface area (Å²) in [6.07, 6.45) is 5.77. The lowest BCUT2D eigenvalue weighted by Gasteiger charge is -2.24. The molecule has 0 heterocycles. The molecule has 15 heavy (non-hydrogen) atoms. The number of nitrogens with one attached hydrogen (secondary N) is 1. The highest BCUT2D eigenvalue weighted by atomic mass is 79.9.